The molecule has 1 rings (SSSR count). The number of hydrogen-bond donors (Lipinski definition) is 0. The fourth-order valence-corrected chi connectivity index (χ4v) is 2.13. The number of benzene rings is 1. The van der Waals surface area contributed by atoms with Crippen LogP contribution in [0.25, 0.3) is 0 Å². The highest BCUT2D eigenvalue weighted by Gasteiger charge is 2.28. The number of terminal acetylenes is 1. The highest BCUT2D eigenvalue weighted by atomic mass is 32.2. The van der Waals surface area contributed by atoms with Crippen molar-refractivity contribution in [3.8, 4) is 12.3 Å². The van der Waals surface area contributed by atoms with Gasteiger partial charge >= 0.3 is 5.97 Å². The first-order valence-electron chi connectivity index (χ1n) is 6.33. The van der Waals surface area contributed by atoms with E-state index in [0.29, 0.717) is 16.9 Å². The van der Waals surface area contributed by atoms with E-state index in [1.807, 2.05) is 20.8 Å². The average molecular weight is 292 g/mol. The summed E-state index contributed by atoms with van der Waals surface area (Å²) in [4.78, 5) is 12.8. The number of carbonyl (C=O) groups excluding carboxylic acids is 1. The zero-order valence-corrected chi connectivity index (χ0v) is 13.1. The van der Waals surface area contributed by atoms with Gasteiger partial charge in [0.1, 0.15) is 6.10 Å². The molecule has 1 aromatic carbocycles. The summed E-state index contributed by atoms with van der Waals surface area (Å²) in [7, 11) is -1.06. The van der Waals surface area contributed by atoms with Gasteiger partial charge in [-0.2, -0.15) is 0 Å². The molecule has 0 saturated carbocycles. The largest absolute Gasteiger partial charge is 0.457 e. The Kier molecular flexibility index (Phi) is 5.52. The third kappa shape index (κ3) is 4.50. The van der Waals surface area contributed by atoms with E-state index < -0.39 is 16.8 Å². The normalized spacial score (nSPS) is 14.2. The van der Waals surface area contributed by atoms with Gasteiger partial charge in [0.05, 0.1) is 5.56 Å². The number of rotatable bonds is 4. The van der Waals surface area contributed by atoms with Crippen molar-refractivity contribution in [1.29, 1.82) is 0 Å². The minimum atomic E-state index is -1.06. The van der Waals surface area contributed by atoms with Gasteiger partial charge in [-0.3, -0.25) is 4.21 Å². The summed E-state index contributed by atoms with van der Waals surface area (Å²) in [6, 6.07) is 6.57. The molecule has 4 heteroatoms. The predicted molar refractivity (Wildman–Crippen MR) is 80.9 cm³/mol. The van der Waals surface area contributed by atoms with E-state index in [0.717, 1.165) is 0 Å². The molecule has 0 unspecified atom stereocenters. The molecule has 20 heavy (non-hydrogen) atoms. The van der Waals surface area contributed by atoms with Crippen LogP contribution in [0.4, 0.5) is 0 Å². The minimum Gasteiger partial charge on any atom is -0.457 e. The Morgan fingerprint density at radius 1 is 1.35 bits per heavy atom. The van der Waals surface area contributed by atoms with Crippen molar-refractivity contribution in [1.82, 2.24) is 0 Å². The van der Waals surface area contributed by atoms with Crippen molar-refractivity contribution in [2.75, 3.05) is 6.26 Å². The number of carbonyl (C=O) groups is 1. The Labute approximate surface area is 123 Å². The van der Waals surface area contributed by atoms with Gasteiger partial charge in [0, 0.05) is 28.4 Å². The van der Waals surface area contributed by atoms with E-state index in [1.165, 1.54) is 0 Å². The molecule has 3 nitrogen and oxygen atoms in total. The lowest BCUT2D eigenvalue weighted by Gasteiger charge is -2.28. The predicted octanol–water partition coefficient (Wildman–Crippen LogP) is 3.02. The molecule has 108 valence electrons. The first-order valence-corrected chi connectivity index (χ1v) is 7.89. The average Bonchev–Trinajstić information content (AvgIpc) is 2.37. The monoisotopic (exact) mass is 292 g/mol. The summed E-state index contributed by atoms with van der Waals surface area (Å²) in [5.41, 5.74) is 0.220. The molecule has 0 heterocycles. The van der Waals surface area contributed by atoms with Gasteiger partial charge in [-0.05, 0) is 29.7 Å². The molecule has 0 aliphatic carbocycles. The molecule has 0 spiro atoms. The topological polar surface area (TPSA) is 43.4 Å². The minimum absolute atomic E-state index is 0.215. The Hall–Kier alpha value is -1.60. The van der Waals surface area contributed by atoms with Gasteiger partial charge in [-0.1, -0.05) is 20.8 Å². The van der Waals surface area contributed by atoms with Gasteiger partial charge in [-0.25, -0.2) is 4.79 Å². The zero-order valence-electron chi connectivity index (χ0n) is 12.3. The van der Waals surface area contributed by atoms with Gasteiger partial charge in [0.25, 0.3) is 0 Å². The molecular weight excluding hydrogens is 272 g/mol. The van der Waals surface area contributed by atoms with Gasteiger partial charge in [-0.15, -0.1) is 12.3 Å². The molecule has 2 atom stereocenters. The summed E-state index contributed by atoms with van der Waals surface area (Å²) in [6.45, 7) is 5.93. The molecule has 0 bridgehead atoms. The fraction of sp³-hybridized carbons (Fsp3) is 0.438. The molecule has 1 aromatic rings. The quantitative estimate of drug-likeness (QED) is 0.633. The van der Waals surface area contributed by atoms with Crippen LogP contribution in [-0.4, -0.2) is 22.5 Å². The van der Waals surface area contributed by atoms with E-state index in [-0.39, 0.29) is 11.5 Å². The standard InChI is InChI=1S/C16H20O3S/c1-6-7-14(16(2,3)4)19-15(17)12-8-10-13(11-9-12)20(5)18/h1,8-11,14H,7H2,2-5H3/t14-,20+/m1/s1. The van der Waals surface area contributed by atoms with Crippen molar-refractivity contribution in [2.24, 2.45) is 5.41 Å². The molecule has 0 amide bonds. The zero-order chi connectivity index (χ0) is 15.3. The second-order valence-corrected chi connectivity index (χ2v) is 7.03. The molecular formula is C16H20O3S. The van der Waals surface area contributed by atoms with Crippen molar-refractivity contribution < 1.29 is 13.7 Å². The van der Waals surface area contributed by atoms with Crippen molar-refractivity contribution in [3.05, 3.63) is 29.8 Å². The van der Waals surface area contributed by atoms with Crippen LogP contribution < -0.4 is 0 Å². The summed E-state index contributed by atoms with van der Waals surface area (Å²) in [6.07, 6.45) is 6.96. The smallest absolute Gasteiger partial charge is 0.338 e. The van der Waals surface area contributed by atoms with Crippen molar-refractivity contribution >= 4 is 16.8 Å². The highest BCUT2D eigenvalue weighted by molar-refractivity contribution is 7.84. The van der Waals surface area contributed by atoms with Crippen LogP contribution in [0.15, 0.2) is 29.2 Å². The maximum absolute atomic E-state index is 12.1. The summed E-state index contributed by atoms with van der Waals surface area (Å²) in [5.74, 6) is 2.13. The lowest BCUT2D eigenvalue weighted by atomic mass is 9.87. The van der Waals surface area contributed by atoms with E-state index in [9.17, 15) is 9.00 Å². The first kappa shape index (κ1) is 16.5. The Bertz CT molecular complexity index is 532. The first-order chi connectivity index (χ1) is 9.25. The lowest BCUT2D eigenvalue weighted by molar-refractivity contribution is -0.000548. The second-order valence-electron chi connectivity index (χ2n) is 5.65. The van der Waals surface area contributed by atoms with E-state index in [4.69, 9.17) is 11.2 Å². The third-order valence-electron chi connectivity index (χ3n) is 2.94. The van der Waals surface area contributed by atoms with Gasteiger partial charge in [0.2, 0.25) is 0 Å². The fourth-order valence-electron chi connectivity index (χ4n) is 1.61. The van der Waals surface area contributed by atoms with Crippen LogP contribution in [0.3, 0.4) is 0 Å². The van der Waals surface area contributed by atoms with Crippen molar-refractivity contribution in [2.45, 2.75) is 38.2 Å². The summed E-state index contributed by atoms with van der Waals surface area (Å²) < 4.78 is 16.8. The van der Waals surface area contributed by atoms with Crippen LogP contribution in [0.2, 0.25) is 0 Å². The molecule has 0 aliphatic heterocycles. The molecule has 0 saturated heterocycles. The Balaban J connectivity index is 2.84. The van der Waals surface area contributed by atoms with E-state index in [1.54, 1.807) is 30.5 Å². The maximum atomic E-state index is 12.1. The summed E-state index contributed by atoms with van der Waals surface area (Å²) >= 11 is 0. The molecule has 0 radical (unpaired) electrons. The van der Waals surface area contributed by atoms with Crippen LogP contribution in [-0.2, 0) is 15.5 Å². The lowest BCUT2D eigenvalue weighted by Crippen LogP contribution is -2.31. The highest BCUT2D eigenvalue weighted by Crippen LogP contribution is 2.25. The maximum Gasteiger partial charge on any atom is 0.338 e. The van der Waals surface area contributed by atoms with Gasteiger partial charge < -0.3 is 4.74 Å². The molecule has 0 fully saturated rings. The van der Waals surface area contributed by atoms with E-state index in [2.05, 4.69) is 5.92 Å². The third-order valence-corrected chi connectivity index (χ3v) is 3.88. The van der Waals surface area contributed by atoms with Crippen LogP contribution in [0.5, 0.6) is 0 Å². The van der Waals surface area contributed by atoms with Gasteiger partial charge in [0.15, 0.2) is 0 Å². The Morgan fingerprint density at radius 3 is 2.30 bits per heavy atom. The van der Waals surface area contributed by atoms with E-state index >= 15 is 0 Å². The van der Waals surface area contributed by atoms with Crippen molar-refractivity contribution in [3.63, 3.8) is 0 Å². The molecule has 0 aliphatic rings. The van der Waals surface area contributed by atoms with Crippen LogP contribution in [0, 0.1) is 17.8 Å². The number of esters is 1. The van der Waals surface area contributed by atoms with Crippen LogP contribution >= 0.6 is 0 Å². The molecule has 0 N–H and O–H groups in total. The van der Waals surface area contributed by atoms with Crippen LogP contribution in [0.1, 0.15) is 37.6 Å². The number of hydrogen-bond acceptors (Lipinski definition) is 3. The Morgan fingerprint density at radius 2 is 1.90 bits per heavy atom. The molecule has 0 aromatic heterocycles. The SMILES string of the molecule is C#CC[C@@H](OC(=O)c1ccc([S@](C)=O)cc1)C(C)(C)C. The second kappa shape index (κ2) is 6.71. The number of ether oxygens (including phenoxy) is 1. The summed E-state index contributed by atoms with van der Waals surface area (Å²) in [5, 5.41) is 0.